The lowest BCUT2D eigenvalue weighted by Crippen LogP contribution is -2.11. The molecule has 2 heterocycles. The quantitative estimate of drug-likeness (QED) is 0.251. The van der Waals surface area contributed by atoms with Gasteiger partial charge in [-0.1, -0.05) is 71.9 Å². The van der Waals surface area contributed by atoms with Crippen molar-refractivity contribution in [2.45, 2.75) is 52.4 Å². The van der Waals surface area contributed by atoms with Crippen LogP contribution in [0.15, 0.2) is 87.7 Å². The van der Waals surface area contributed by atoms with Gasteiger partial charge < -0.3 is 8.83 Å². The average molecular weight is 474 g/mol. The van der Waals surface area contributed by atoms with Crippen molar-refractivity contribution in [3.63, 3.8) is 0 Å². The number of para-hydroxylation sites is 2. The second kappa shape index (κ2) is 7.83. The SMILES string of the molecule is CC(C)(C)c1ccc2oc3c(-c4ccc(-c5nc6ccccc6o5)cc4)cc(C(C)(C)C)cc3c2c1. The minimum Gasteiger partial charge on any atom is -0.455 e. The third-order valence-corrected chi connectivity index (χ3v) is 7.04. The van der Waals surface area contributed by atoms with Crippen LogP contribution in [-0.2, 0) is 10.8 Å². The van der Waals surface area contributed by atoms with Crippen molar-refractivity contribution < 1.29 is 8.83 Å². The Morgan fingerprint density at radius 1 is 0.583 bits per heavy atom. The third kappa shape index (κ3) is 3.80. The van der Waals surface area contributed by atoms with Gasteiger partial charge in [-0.3, -0.25) is 0 Å². The van der Waals surface area contributed by atoms with Crippen LogP contribution in [0.5, 0.6) is 0 Å². The smallest absolute Gasteiger partial charge is 0.227 e. The summed E-state index contributed by atoms with van der Waals surface area (Å²) in [7, 11) is 0. The Morgan fingerprint density at radius 2 is 1.25 bits per heavy atom. The molecule has 0 saturated heterocycles. The largest absolute Gasteiger partial charge is 0.455 e. The van der Waals surface area contributed by atoms with Crippen LogP contribution in [-0.4, -0.2) is 4.98 Å². The highest BCUT2D eigenvalue weighted by Gasteiger charge is 2.22. The Bertz CT molecular complexity index is 1700. The minimum atomic E-state index is 0.00626. The molecule has 36 heavy (non-hydrogen) atoms. The number of hydrogen-bond acceptors (Lipinski definition) is 3. The number of oxazole rings is 1. The van der Waals surface area contributed by atoms with Gasteiger partial charge in [0.05, 0.1) is 0 Å². The molecular formula is C33H31NO2. The molecule has 0 amide bonds. The molecule has 0 aliphatic rings. The summed E-state index contributed by atoms with van der Waals surface area (Å²) < 4.78 is 12.5. The van der Waals surface area contributed by atoms with Gasteiger partial charge in [-0.15, -0.1) is 0 Å². The standard InChI is InChI=1S/C33H31NO2/c1-32(2,3)22-15-16-28-25(17-22)26-19-23(33(4,5)6)18-24(30(26)35-28)20-11-13-21(14-12-20)31-34-27-9-7-8-10-29(27)36-31/h7-19H,1-6H3. The summed E-state index contributed by atoms with van der Waals surface area (Å²) in [6.45, 7) is 13.5. The fourth-order valence-electron chi connectivity index (χ4n) is 4.78. The summed E-state index contributed by atoms with van der Waals surface area (Å²) in [6.07, 6.45) is 0. The van der Waals surface area contributed by atoms with E-state index in [1.165, 1.54) is 21.9 Å². The topological polar surface area (TPSA) is 39.2 Å². The molecule has 0 bridgehead atoms. The van der Waals surface area contributed by atoms with Crippen LogP contribution >= 0.6 is 0 Å². The molecule has 0 atom stereocenters. The molecule has 4 aromatic carbocycles. The van der Waals surface area contributed by atoms with E-state index in [9.17, 15) is 0 Å². The molecule has 0 aliphatic heterocycles. The van der Waals surface area contributed by atoms with E-state index >= 15 is 0 Å². The van der Waals surface area contributed by atoms with Crippen LogP contribution in [0.3, 0.4) is 0 Å². The second-order valence-electron chi connectivity index (χ2n) is 11.8. The Morgan fingerprint density at radius 3 is 1.94 bits per heavy atom. The summed E-state index contributed by atoms with van der Waals surface area (Å²) >= 11 is 0. The Kier molecular flexibility index (Phi) is 4.91. The van der Waals surface area contributed by atoms with Crippen molar-refractivity contribution in [1.82, 2.24) is 4.98 Å². The van der Waals surface area contributed by atoms with Crippen LogP contribution in [0.4, 0.5) is 0 Å². The molecule has 0 radical (unpaired) electrons. The van der Waals surface area contributed by atoms with E-state index in [4.69, 9.17) is 8.83 Å². The molecule has 0 N–H and O–H groups in total. The van der Waals surface area contributed by atoms with E-state index in [2.05, 4.69) is 101 Å². The van der Waals surface area contributed by atoms with Gasteiger partial charge in [-0.2, -0.15) is 0 Å². The number of hydrogen-bond donors (Lipinski definition) is 0. The first-order valence-electron chi connectivity index (χ1n) is 12.6. The van der Waals surface area contributed by atoms with Crippen molar-refractivity contribution in [3.8, 4) is 22.6 Å². The zero-order valence-corrected chi connectivity index (χ0v) is 21.8. The van der Waals surface area contributed by atoms with Crippen LogP contribution < -0.4 is 0 Å². The lowest BCUT2D eigenvalue weighted by atomic mass is 9.83. The molecule has 6 aromatic rings. The monoisotopic (exact) mass is 473 g/mol. The number of furan rings is 1. The summed E-state index contributed by atoms with van der Waals surface area (Å²) in [5, 5.41) is 2.34. The van der Waals surface area contributed by atoms with Crippen molar-refractivity contribution in [1.29, 1.82) is 0 Å². The van der Waals surface area contributed by atoms with E-state index in [0.717, 1.165) is 39.0 Å². The van der Waals surface area contributed by atoms with Gasteiger partial charge in [-0.05, 0) is 76.1 Å². The molecule has 0 spiro atoms. The van der Waals surface area contributed by atoms with Gasteiger partial charge in [0, 0.05) is 21.9 Å². The highest BCUT2D eigenvalue weighted by atomic mass is 16.3. The first-order chi connectivity index (χ1) is 17.1. The molecule has 6 rings (SSSR count). The molecule has 3 nitrogen and oxygen atoms in total. The van der Waals surface area contributed by atoms with E-state index in [1.54, 1.807) is 0 Å². The van der Waals surface area contributed by atoms with E-state index in [0.29, 0.717) is 5.89 Å². The lowest BCUT2D eigenvalue weighted by molar-refractivity contribution is 0.590. The van der Waals surface area contributed by atoms with Crippen LogP contribution in [0.25, 0.3) is 55.6 Å². The summed E-state index contributed by atoms with van der Waals surface area (Å²) in [5.41, 5.74) is 9.37. The predicted octanol–water partition coefficient (Wildman–Crippen LogP) is 9.66. The van der Waals surface area contributed by atoms with Gasteiger partial charge in [0.25, 0.3) is 0 Å². The normalized spacial score (nSPS) is 12.7. The Labute approximate surface area is 211 Å². The maximum atomic E-state index is 6.50. The number of benzene rings is 4. The van der Waals surface area contributed by atoms with Crippen molar-refractivity contribution >= 4 is 33.0 Å². The van der Waals surface area contributed by atoms with Crippen molar-refractivity contribution in [2.24, 2.45) is 0 Å². The molecular weight excluding hydrogens is 442 g/mol. The predicted molar refractivity (Wildman–Crippen MR) is 150 cm³/mol. The Balaban J connectivity index is 1.53. The summed E-state index contributed by atoms with van der Waals surface area (Å²) in [5.74, 6) is 0.634. The number of fused-ring (bicyclic) bond motifs is 4. The number of nitrogens with zero attached hydrogens (tertiary/aromatic N) is 1. The summed E-state index contributed by atoms with van der Waals surface area (Å²) in [6, 6.07) is 27.5. The maximum absolute atomic E-state index is 6.50. The third-order valence-electron chi connectivity index (χ3n) is 7.04. The molecule has 2 aromatic heterocycles. The van der Waals surface area contributed by atoms with Gasteiger partial charge in [-0.25, -0.2) is 4.98 Å². The average Bonchev–Trinajstić information content (AvgIpc) is 3.43. The van der Waals surface area contributed by atoms with E-state index < -0.39 is 0 Å². The highest BCUT2D eigenvalue weighted by molar-refractivity contribution is 6.10. The van der Waals surface area contributed by atoms with Crippen molar-refractivity contribution in [2.75, 3.05) is 0 Å². The molecule has 0 fully saturated rings. The molecule has 0 aliphatic carbocycles. The fraction of sp³-hybridized carbons (Fsp3) is 0.242. The second-order valence-corrected chi connectivity index (χ2v) is 11.8. The highest BCUT2D eigenvalue weighted by Crippen LogP contribution is 2.41. The van der Waals surface area contributed by atoms with Crippen LogP contribution in [0, 0.1) is 0 Å². The Hall–Kier alpha value is -3.85. The first kappa shape index (κ1) is 22.6. The zero-order chi connectivity index (χ0) is 25.2. The number of aromatic nitrogens is 1. The minimum absolute atomic E-state index is 0.00626. The molecule has 0 unspecified atom stereocenters. The number of rotatable bonds is 2. The van der Waals surface area contributed by atoms with Crippen LogP contribution in [0.2, 0.25) is 0 Å². The molecule has 180 valence electrons. The van der Waals surface area contributed by atoms with Gasteiger partial charge >= 0.3 is 0 Å². The van der Waals surface area contributed by atoms with Crippen molar-refractivity contribution in [3.05, 3.63) is 90.0 Å². The van der Waals surface area contributed by atoms with Gasteiger partial charge in [0.2, 0.25) is 5.89 Å². The first-order valence-corrected chi connectivity index (χ1v) is 12.6. The van der Waals surface area contributed by atoms with E-state index in [1.807, 2.05) is 24.3 Å². The van der Waals surface area contributed by atoms with Gasteiger partial charge in [0.15, 0.2) is 5.58 Å². The van der Waals surface area contributed by atoms with Gasteiger partial charge in [0.1, 0.15) is 16.7 Å². The van der Waals surface area contributed by atoms with Crippen LogP contribution in [0.1, 0.15) is 52.7 Å². The fourth-order valence-corrected chi connectivity index (χ4v) is 4.78. The lowest BCUT2D eigenvalue weighted by Gasteiger charge is -2.21. The molecule has 0 saturated carbocycles. The maximum Gasteiger partial charge on any atom is 0.227 e. The van der Waals surface area contributed by atoms with E-state index in [-0.39, 0.29) is 10.8 Å². The summed E-state index contributed by atoms with van der Waals surface area (Å²) in [4.78, 5) is 4.65. The zero-order valence-electron chi connectivity index (χ0n) is 21.8. The molecule has 3 heteroatoms.